The van der Waals surface area contributed by atoms with Crippen LogP contribution in [0.4, 0.5) is 11.5 Å². The lowest BCUT2D eigenvalue weighted by molar-refractivity contribution is -0.110. The summed E-state index contributed by atoms with van der Waals surface area (Å²) in [6, 6.07) is 16.0. The lowest BCUT2D eigenvalue weighted by Gasteiger charge is -1.98. The van der Waals surface area contributed by atoms with Crippen molar-refractivity contribution in [2.45, 2.75) is 0 Å². The van der Waals surface area contributed by atoms with E-state index in [4.69, 9.17) is 5.73 Å². The first-order valence-corrected chi connectivity index (χ1v) is 7.96. The molecule has 3 heterocycles. The number of carbonyl (C=O) groups is 1. The summed E-state index contributed by atoms with van der Waals surface area (Å²) in [6.07, 6.45) is 3.43. The number of nitrogens with zero attached hydrogens (tertiary/aromatic N) is 1. The van der Waals surface area contributed by atoms with E-state index in [-0.39, 0.29) is 5.91 Å². The molecule has 2 aromatic heterocycles. The average Bonchev–Trinajstić information content (AvgIpc) is 3.15. The lowest BCUT2D eigenvalue weighted by Crippen LogP contribution is -2.04. The number of thiophene rings is 1. The molecule has 0 unspecified atom stereocenters. The number of nitrogens with one attached hydrogen (secondary N) is 1. The van der Waals surface area contributed by atoms with Crippen LogP contribution >= 0.6 is 11.3 Å². The van der Waals surface area contributed by atoms with Gasteiger partial charge in [0.15, 0.2) is 0 Å². The van der Waals surface area contributed by atoms with E-state index in [0.29, 0.717) is 17.1 Å². The Morgan fingerprint density at radius 2 is 1.96 bits per heavy atom. The molecule has 112 valence electrons. The lowest BCUT2D eigenvalue weighted by atomic mass is 10.1. The Labute approximate surface area is 137 Å². The van der Waals surface area contributed by atoms with Crippen LogP contribution in [0.3, 0.4) is 0 Å². The van der Waals surface area contributed by atoms with E-state index < -0.39 is 0 Å². The largest absolute Gasteiger partial charge is 0.397 e. The van der Waals surface area contributed by atoms with E-state index in [1.165, 1.54) is 10.4 Å². The number of pyridine rings is 1. The second-order valence-corrected chi connectivity index (χ2v) is 6.36. The Morgan fingerprint density at radius 1 is 1.13 bits per heavy atom. The fourth-order valence-corrected chi connectivity index (χ4v) is 3.51. The molecule has 0 saturated carbocycles. The highest BCUT2D eigenvalue weighted by Crippen LogP contribution is 2.35. The number of benzene rings is 1. The van der Waals surface area contributed by atoms with Crippen molar-refractivity contribution in [3.63, 3.8) is 0 Å². The molecule has 23 heavy (non-hydrogen) atoms. The van der Waals surface area contributed by atoms with Gasteiger partial charge in [-0.1, -0.05) is 30.3 Å². The van der Waals surface area contributed by atoms with Gasteiger partial charge in [0.25, 0.3) is 5.91 Å². The summed E-state index contributed by atoms with van der Waals surface area (Å²) in [5.41, 5.74) is 8.85. The Balaban J connectivity index is 1.73. The van der Waals surface area contributed by atoms with Gasteiger partial charge in [-0.15, -0.1) is 11.3 Å². The van der Waals surface area contributed by atoms with Crippen molar-refractivity contribution >= 4 is 40.4 Å². The van der Waals surface area contributed by atoms with Gasteiger partial charge < -0.3 is 11.1 Å². The molecule has 0 saturated heterocycles. The van der Waals surface area contributed by atoms with Crippen molar-refractivity contribution in [3.05, 3.63) is 65.2 Å². The summed E-state index contributed by atoms with van der Waals surface area (Å²) < 4.78 is 0. The summed E-state index contributed by atoms with van der Waals surface area (Å²) in [7, 11) is 0. The maximum atomic E-state index is 12.2. The second-order valence-electron chi connectivity index (χ2n) is 5.24. The number of nitrogen functional groups attached to an aromatic ring is 1. The molecule has 0 atom stereocenters. The summed E-state index contributed by atoms with van der Waals surface area (Å²) in [5.74, 6) is 0.419. The highest BCUT2D eigenvalue weighted by atomic mass is 32.1. The highest BCUT2D eigenvalue weighted by molar-refractivity contribution is 7.16. The van der Waals surface area contributed by atoms with Crippen LogP contribution in [0.5, 0.6) is 0 Å². The van der Waals surface area contributed by atoms with Crippen LogP contribution in [0.2, 0.25) is 0 Å². The number of nitrogens with two attached hydrogens (primary N) is 1. The molecule has 4 rings (SSSR count). The minimum absolute atomic E-state index is 0.146. The highest BCUT2D eigenvalue weighted by Gasteiger charge is 2.25. The molecular weight excluding hydrogens is 306 g/mol. The molecule has 1 aromatic carbocycles. The van der Waals surface area contributed by atoms with Crippen LogP contribution < -0.4 is 11.1 Å². The van der Waals surface area contributed by atoms with Crippen LogP contribution in [0.1, 0.15) is 10.4 Å². The smallest absolute Gasteiger partial charge is 0.257 e. The van der Waals surface area contributed by atoms with E-state index in [1.807, 2.05) is 30.3 Å². The third kappa shape index (κ3) is 2.51. The van der Waals surface area contributed by atoms with E-state index in [1.54, 1.807) is 23.6 Å². The van der Waals surface area contributed by atoms with Crippen molar-refractivity contribution in [1.82, 2.24) is 4.98 Å². The third-order valence-electron chi connectivity index (χ3n) is 3.65. The maximum absolute atomic E-state index is 12.2. The first-order chi connectivity index (χ1) is 11.2. The van der Waals surface area contributed by atoms with Gasteiger partial charge in [0.05, 0.1) is 17.5 Å². The monoisotopic (exact) mass is 319 g/mol. The number of hydrogen-bond acceptors (Lipinski definition) is 4. The van der Waals surface area contributed by atoms with Crippen LogP contribution in [-0.4, -0.2) is 10.9 Å². The molecule has 0 spiro atoms. The van der Waals surface area contributed by atoms with E-state index in [9.17, 15) is 4.79 Å². The molecule has 5 heteroatoms. The molecule has 3 N–H and O–H groups in total. The quantitative estimate of drug-likeness (QED) is 0.704. The SMILES string of the molecule is Nc1cnc2c(c1)C(=Cc1ccc(-c3ccccc3)s1)C(=O)N2. The van der Waals surface area contributed by atoms with Gasteiger partial charge in [-0.2, -0.15) is 0 Å². The zero-order valence-corrected chi connectivity index (χ0v) is 12.9. The molecular formula is C18H13N3OS. The average molecular weight is 319 g/mol. The van der Waals surface area contributed by atoms with E-state index in [0.717, 1.165) is 10.4 Å². The van der Waals surface area contributed by atoms with Gasteiger partial charge in [0.2, 0.25) is 0 Å². The van der Waals surface area contributed by atoms with Gasteiger partial charge in [0, 0.05) is 15.3 Å². The number of anilines is 2. The summed E-state index contributed by atoms with van der Waals surface area (Å²) in [4.78, 5) is 18.5. The summed E-state index contributed by atoms with van der Waals surface area (Å²) >= 11 is 1.65. The Kier molecular flexibility index (Phi) is 3.20. The zero-order valence-electron chi connectivity index (χ0n) is 12.1. The predicted molar refractivity (Wildman–Crippen MR) is 94.9 cm³/mol. The molecule has 1 aliphatic rings. The molecule has 0 fully saturated rings. The van der Waals surface area contributed by atoms with Gasteiger partial charge in [-0.05, 0) is 29.8 Å². The third-order valence-corrected chi connectivity index (χ3v) is 4.73. The van der Waals surface area contributed by atoms with Crippen LogP contribution in [0.25, 0.3) is 22.1 Å². The van der Waals surface area contributed by atoms with Crippen LogP contribution in [0, 0.1) is 0 Å². The molecule has 0 aliphatic carbocycles. The zero-order chi connectivity index (χ0) is 15.8. The first kappa shape index (κ1) is 13.7. The molecule has 3 aromatic rings. The van der Waals surface area contributed by atoms with Crippen LogP contribution in [-0.2, 0) is 4.79 Å². The summed E-state index contributed by atoms with van der Waals surface area (Å²) in [6.45, 7) is 0. The van der Waals surface area contributed by atoms with Crippen LogP contribution in [0.15, 0.2) is 54.7 Å². The van der Waals surface area contributed by atoms with Crippen molar-refractivity contribution < 1.29 is 4.79 Å². The van der Waals surface area contributed by atoms with Crippen molar-refractivity contribution in [3.8, 4) is 10.4 Å². The summed E-state index contributed by atoms with van der Waals surface area (Å²) in [5, 5.41) is 2.76. The van der Waals surface area contributed by atoms with Crippen molar-refractivity contribution in [2.24, 2.45) is 0 Å². The minimum Gasteiger partial charge on any atom is -0.397 e. The number of aromatic nitrogens is 1. The van der Waals surface area contributed by atoms with E-state index in [2.05, 4.69) is 28.5 Å². The maximum Gasteiger partial charge on any atom is 0.257 e. The number of hydrogen-bond donors (Lipinski definition) is 2. The van der Waals surface area contributed by atoms with Crippen molar-refractivity contribution in [1.29, 1.82) is 0 Å². The van der Waals surface area contributed by atoms with Gasteiger partial charge >= 0.3 is 0 Å². The molecule has 1 aliphatic heterocycles. The number of amides is 1. The van der Waals surface area contributed by atoms with Crippen molar-refractivity contribution in [2.75, 3.05) is 11.1 Å². The van der Waals surface area contributed by atoms with E-state index >= 15 is 0 Å². The Morgan fingerprint density at radius 3 is 2.78 bits per heavy atom. The Bertz CT molecular complexity index is 928. The number of carbonyl (C=O) groups excluding carboxylic acids is 1. The van der Waals surface area contributed by atoms with Gasteiger partial charge in [-0.3, -0.25) is 4.79 Å². The molecule has 1 amide bonds. The predicted octanol–water partition coefficient (Wildman–Crippen LogP) is 3.89. The normalized spacial score (nSPS) is 14.8. The molecule has 0 radical (unpaired) electrons. The van der Waals surface area contributed by atoms with Gasteiger partial charge in [-0.25, -0.2) is 4.98 Å². The minimum atomic E-state index is -0.146. The first-order valence-electron chi connectivity index (χ1n) is 7.15. The fraction of sp³-hybridized carbons (Fsp3) is 0. The number of rotatable bonds is 2. The molecule has 0 bridgehead atoms. The van der Waals surface area contributed by atoms with Gasteiger partial charge in [0.1, 0.15) is 5.82 Å². The molecule has 4 nitrogen and oxygen atoms in total. The number of fused-ring (bicyclic) bond motifs is 1. The Hall–Kier alpha value is -2.92. The fourth-order valence-electron chi connectivity index (χ4n) is 2.56. The second kappa shape index (κ2) is 5.37. The topological polar surface area (TPSA) is 68.0 Å². The standard InChI is InChI=1S/C18H13N3OS/c19-12-8-14-15(18(22)21-17(14)20-10-12)9-13-6-7-16(23-13)11-4-2-1-3-5-11/h1-10H,19H2,(H,20,21,22).